The molecule has 2 aliphatic rings. The molecule has 2 heterocycles. The molecule has 0 bridgehead atoms. The Bertz CT molecular complexity index is 2140. The summed E-state index contributed by atoms with van der Waals surface area (Å²) in [5, 5.41) is -0.159. The fourth-order valence-corrected chi connectivity index (χ4v) is 9.40. The minimum Gasteiger partial charge on any atom is -0.486 e. The van der Waals surface area contributed by atoms with Gasteiger partial charge in [0.1, 0.15) is 31.5 Å². The van der Waals surface area contributed by atoms with Crippen LogP contribution in [0.2, 0.25) is 0 Å². The van der Waals surface area contributed by atoms with Gasteiger partial charge in [-0.25, -0.2) is 0 Å². The van der Waals surface area contributed by atoms with Gasteiger partial charge in [-0.15, -0.1) is 11.8 Å². The number of halogens is 1. The van der Waals surface area contributed by atoms with E-state index in [0.717, 1.165) is 55.8 Å². The molecule has 6 aromatic rings. The molecule has 8 rings (SSSR count). The maximum atomic E-state index is 7.08. The predicted molar refractivity (Wildman–Crippen MR) is 230 cm³/mol. The standard InChI is InChI=1S/C49H47BrO6S/c50-42-23-22-40(29-41(42)27-39-21-24-43-44(28-39)53-26-25-52-43)49-48(56-33-38-19-11-4-12-20-38)47(55-32-37-17-9-3-10-18-37)46(54-31-36-15-7-2-8-16-36)45(57-49)34-51-30-35-13-5-1-6-14-35/h1-24,28-29,45-49H,25-27,30-34H2/t45-,46-,47+,48-,49+/m1/s1. The second-order valence-electron chi connectivity index (χ2n) is 14.4. The van der Waals surface area contributed by atoms with Gasteiger partial charge in [0, 0.05) is 4.47 Å². The Labute approximate surface area is 348 Å². The Hall–Kier alpha value is -4.41. The van der Waals surface area contributed by atoms with Crippen LogP contribution in [0.25, 0.3) is 0 Å². The average molecular weight is 844 g/mol. The average Bonchev–Trinajstić information content (AvgIpc) is 3.26. The van der Waals surface area contributed by atoms with Crippen LogP contribution in [-0.2, 0) is 51.8 Å². The maximum absolute atomic E-state index is 7.08. The zero-order valence-corrected chi connectivity index (χ0v) is 34.2. The SMILES string of the molecule is Brc1ccc([C@@H]2S[C@H](COCc3ccccc3)[C@@H](OCc3ccccc3)[C@H](OCc3ccccc3)[C@H]2OCc2ccccc2)cc1Cc1ccc2c(c1)OCCO2. The molecule has 6 aromatic carbocycles. The third-order valence-electron chi connectivity index (χ3n) is 10.3. The van der Waals surface area contributed by atoms with Crippen molar-refractivity contribution in [3.63, 3.8) is 0 Å². The van der Waals surface area contributed by atoms with Crippen LogP contribution < -0.4 is 9.47 Å². The first kappa shape index (κ1) is 39.4. The number of rotatable bonds is 16. The van der Waals surface area contributed by atoms with Crippen LogP contribution in [0.5, 0.6) is 11.5 Å². The van der Waals surface area contributed by atoms with Gasteiger partial charge in [0.05, 0.1) is 43.5 Å². The Balaban J connectivity index is 1.15. The third-order valence-corrected chi connectivity index (χ3v) is 12.6. The van der Waals surface area contributed by atoms with E-state index < -0.39 is 6.10 Å². The van der Waals surface area contributed by atoms with E-state index in [4.69, 9.17) is 28.4 Å². The van der Waals surface area contributed by atoms with E-state index in [1.54, 1.807) is 0 Å². The first-order chi connectivity index (χ1) is 28.2. The van der Waals surface area contributed by atoms with Crippen LogP contribution in [0.4, 0.5) is 0 Å². The lowest BCUT2D eigenvalue weighted by atomic mass is 9.94. The second-order valence-corrected chi connectivity index (χ2v) is 16.6. The van der Waals surface area contributed by atoms with Gasteiger partial charge < -0.3 is 28.4 Å². The van der Waals surface area contributed by atoms with E-state index in [1.807, 2.05) is 54.2 Å². The third kappa shape index (κ3) is 10.6. The van der Waals surface area contributed by atoms with Gasteiger partial charge >= 0.3 is 0 Å². The fourth-order valence-electron chi connectivity index (χ4n) is 7.38. The summed E-state index contributed by atoms with van der Waals surface area (Å²) < 4.78 is 40.5. The second kappa shape index (κ2) is 19.8. The van der Waals surface area contributed by atoms with Crippen molar-refractivity contribution in [3.05, 3.63) is 201 Å². The van der Waals surface area contributed by atoms with Crippen molar-refractivity contribution in [2.24, 2.45) is 0 Å². The van der Waals surface area contributed by atoms with Crippen LogP contribution in [-0.4, -0.2) is 43.4 Å². The molecule has 0 saturated carbocycles. The number of ether oxygens (including phenoxy) is 6. The summed E-state index contributed by atoms with van der Waals surface area (Å²) in [6.45, 7) is 3.42. The van der Waals surface area contributed by atoms with Crippen molar-refractivity contribution in [1.82, 2.24) is 0 Å². The van der Waals surface area contributed by atoms with Gasteiger partial charge in [-0.2, -0.15) is 0 Å². The zero-order valence-electron chi connectivity index (χ0n) is 31.8. The smallest absolute Gasteiger partial charge is 0.161 e. The molecule has 0 N–H and O–H groups in total. The van der Waals surface area contributed by atoms with E-state index in [-0.39, 0.29) is 22.7 Å². The van der Waals surface area contributed by atoms with Gasteiger partial charge in [-0.3, -0.25) is 0 Å². The summed E-state index contributed by atoms with van der Waals surface area (Å²) >= 11 is 5.75. The van der Waals surface area contributed by atoms with E-state index in [0.29, 0.717) is 46.2 Å². The van der Waals surface area contributed by atoms with Gasteiger partial charge in [0.2, 0.25) is 0 Å². The number of thioether (sulfide) groups is 1. The molecule has 5 atom stereocenters. The lowest BCUT2D eigenvalue weighted by Gasteiger charge is -2.46. The summed E-state index contributed by atoms with van der Waals surface area (Å²) in [6, 6.07) is 54.3. The number of fused-ring (bicyclic) bond motifs is 1. The Morgan fingerprint density at radius 2 is 1.04 bits per heavy atom. The highest BCUT2D eigenvalue weighted by Gasteiger charge is 2.48. The molecule has 1 fully saturated rings. The quantitative estimate of drug-likeness (QED) is 0.0962. The van der Waals surface area contributed by atoms with Crippen molar-refractivity contribution in [2.45, 2.75) is 61.7 Å². The van der Waals surface area contributed by atoms with Crippen LogP contribution in [0.15, 0.2) is 162 Å². The van der Waals surface area contributed by atoms with E-state index >= 15 is 0 Å². The molecule has 0 radical (unpaired) electrons. The summed E-state index contributed by atoms with van der Waals surface area (Å²) in [4.78, 5) is 0. The van der Waals surface area contributed by atoms with Crippen LogP contribution in [0.1, 0.15) is 44.2 Å². The first-order valence-corrected chi connectivity index (χ1v) is 21.3. The lowest BCUT2D eigenvalue weighted by Crippen LogP contribution is -2.54. The molecule has 57 heavy (non-hydrogen) atoms. The molecular formula is C49H47BrO6S. The molecule has 8 heteroatoms. The van der Waals surface area contributed by atoms with Gasteiger partial charge in [0.25, 0.3) is 0 Å². The Morgan fingerprint density at radius 3 is 1.63 bits per heavy atom. The Kier molecular flexibility index (Phi) is 13.7. The number of hydrogen-bond acceptors (Lipinski definition) is 7. The van der Waals surface area contributed by atoms with Crippen molar-refractivity contribution in [1.29, 1.82) is 0 Å². The van der Waals surface area contributed by atoms with Crippen LogP contribution in [0.3, 0.4) is 0 Å². The normalized spacial score (nSPS) is 20.3. The minimum atomic E-state index is -0.418. The molecule has 6 nitrogen and oxygen atoms in total. The van der Waals surface area contributed by atoms with E-state index in [1.165, 1.54) is 5.56 Å². The van der Waals surface area contributed by atoms with Crippen LogP contribution in [0, 0.1) is 0 Å². The van der Waals surface area contributed by atoms with Gasteiger partial charge in [-0.05, 0) is 63.6 Å². The highest BCUT2D eigenvalue weighted by Crippen LogP contribution is 2.48. The highest BCUT2D eigenvalue weighted by atomic mass is 79.9. The monoisotopic (exact) mass is 842 g/mol. The molecule has 0 unspecified atom stereocenters. The zero-order chi connectivity index (χ0) is 38.7. The molecule has 0 amide bonds. The van der Waals surface area contributed by atoms with E-state index in [9.17, 15) is 0 Å². The molecule has 0 aliphatic carbocycles. The topological polar surface area (TPSA) is 55.4 Å². The summed E-state index contributed by atoms with van der Waals surface area (Å²) in [7, 11) is 0. The lowest BCUT2D eigenvalue weighted by molar-refractivity contribution is -0.160. The summed E-state index contributed by atoms with van der Waals surface area (Å²) in [6.07, 6.45) is -0.384. The highest BCUT2D eigenvalue weighted by molar-refractivity contribution is 9.10. The van der Waals surface area contributed by atoms with Gasteiger partial charge in [-0.1, -0.05) is 155 Å². The minimum absolute atomic E-state index is 0.0651. The van der Waals surface area contributed by atoms with Crippen molar-refractivity contribution < 1.29 is 28.4 Å². The van der Waals surface area contributed by atoms with Gasteiger partial charge in [0.15, 0.2) is 11.5 Å². The molecule has 292 valence electrons. The largest absolute Gasteiger partial charge is 0.486 e. The molecule has 1 saturated heterocycles. The molecule has 0 spiro atoms. The van der Waals surface area contributed by atoms with Crippen molar-refractivity contribution >= 4 is 27.7 Å². The van der Waals surface area contributed by atoms with Crippen molar-refractivity contribution in [2.75, 3.05) is 19.8 Å². The fraction of sp³-hybridized carbons (Fsp3) is 0.265. The Morgan fingerprint density at radius 1 is 0.509 bits per heavy atom. The number of benzene rings is 6. The molecule has 2 aliphatic heterocycles. The molecular weight excluding hydrogens is 797 g/mol. The maximum Gasteiger partial charge on any atom is 0.161 e. The summed E-state index contributed by atoms with van der Waals surface area (Å²) in [5.41, 5.74) is 7.93. The van der Waals surface area contributed by atoms with E-state index in [2.05, 4.69) is 131 Å². The summed E-state index contributed by atoms with van der Waals surface area (Å²) in [5.74, 6) is 1.59. The van der Waals surface area contributed by atoms with Crippen LogP contribution >= 0.6 is 27.7 Å². The first-order valence-electron chi connectivity index (χ1n) is 19.6. The van der Waals surface area contributed by atoms with Crippen molar-refractivity contribution in [3.8, 4) is 11.5 Å². The predicted octanol–water partition coefficient (Wildman–Crippen LogP) is 10.9. The molecule has 0 aromatic heterocycles. The number of hydrogen-bond donors (Lipinski definition) is 0.